The number of ether oxygens (including phenoxy) is 2. The van der Waals surface area contributed by atoms with Crippen LogP contribution in [0.4, 0.5) is 11.4 Å². The Morgan fingerprint density at radius 3 is 2.17 bits per heavy atom. The summed E-state index contributed by atoms with van der Waals surface area (Å²) < 4.78 is 10.8. The minimum atomic E-state index is -0.350. The van der Waals surface area contributed by atoms with Gasteiger partial charge >= 0.3 is 0 Å². The zero-order valence-electron chi connectivity index (χ0n) is 21.1. The monoisotopic (exact) mass is 479 g/mol. The first kappa shape index (κ1) is 24.9. The van der Waals surface area contributed by atoms with Crippen molar-refractivity contribution in [3.8, 4) is 11.5 Å². The van der Waals surface area contributed by atoms with Crippen molar-refractivity contribution in [1.29, 1.82) is 0 Å². The highest BCUT2D eigenvalue weighted by Crippen LogP contribution is 2.32. The fourth-order valence-electron chi connectivity index (χ4n) is 5.10. The first-order chi connectivity index (χ1) is 17.0. The van der Waals surface area contributed by atoms with E-state index in [2.05, 4.69) is 22.5 Å². The molecule has 35 heavy (non-hydrogen) atoms. The van der Waals surface area contributed by atoms with Gasteiger partial charge in [0.2, 0.25) is 0 Å². The SMILES string of the molecule is COc1cccc(OC)c1C(=O)Nc1ccc(N2CCC(C)CC2)c(C(=O)NC2CCCCC2)c1. The quantitative estimate of drug-likeness (QED) is 0.567. The number of benzene rings is 2. The van der Waals surface area contributed by atoms with E-state index in [0.717, 1.165) is 57.3 Å². The summed E-state index contributed by atoms with van der Waals surface area (Å²) in [6.07, 6.45) is 7.79. The normalized spacial score (nSPS) is 17.1. The second-order valence-corrected chi connectivity index (χ2v) is 9.70. The maximum absolute atomic E-state index is 13.5. The Kier molecular flexibility index (Phi) is 8.16. The van der Waals surface area contributed by atoms with Gasteiger partial charge < -0.3 is 25.0 Å². The standard InChI is InChI=1S/C28H37N3O4/c1-19-14-16-31(17-15-19)23-13-12-21(18-22(23)27(32)29-20-8-5-4-6-9-20)30-28(33)26-24(34-2)10-7-11-25(26)35-3/h7,10-13,18-20H,4-6,8-9,14-17H2,1-3H3,(H,29,32)(H,30,33). The number of amides is 2. The van der Waals surface area contributed by atoms with Gasteiger partial charge in [0, 0.05) is 30.5 Å². The van der Waals surface area contributed by atoms with E-state index in [1.165, 1.54) is 20.6 Å². The molecule has 1 saturated heterocycles. The molecule has 7 nitrogen and oxygen atoms in total. The van der Waals surface area contributed by atoms with Crippen molar-refractivity contribution >= 4 is 23.2 Å². The van der Waals surface area contributed by atoms with Crippen LogP contribution in [0.2, 0.25) is 0 Å². The molecule has 0 spiro atoms. The number of piperidine rings is 1. The molecule has 2 N–H and O–H groups in total. The van der Waals surface area contributed by atoms with Crippen LogP contribution < -0.4 is 25.0 Å². The Bertz CT molecular complexity index is 1020. The van der Waals surface area contributed by atoms with Crippen LogP contribution in [0, 0.1) is 5.92 Å². The molecule has 4 rings (SSSR count). The molecule has 2 aliphatic rings. The van der Waals surface area contributed by atoms with E-state index in [9.17, 15) is 9.59 Å². The van der Waals surface area contributed by atoms with Crippen LogP contribution in [-0.4, -0.2) is 45.2 Å². The third-order valence-corrected chi connectivity index (χ3v) is 7.22. The summed E-state index contributed by atoms with van der Waals surface area (Å²) in [6.45, 7) is 4.13. The maximum atomic E-state index is 13.5. The molecule has 2 fully saturated rings. The summed E-state index contributed by atoms with van der Waals surface area (Å²) in [5.41, 5.74) is 2.42. The number of anilines is 2. The smallest absolute Gasteiger partial charge is 0.263 e. The second kappa shape index (κ2) is 11.5. The van der Waals surface area contributed by atoms with Crippen molar-refractivity contribution in [2.45, 2.75) is 57.9 Å². The number of nitrogens with zero attached hydrogens (tertiary/aromatic N) is 1. The van der Waals surface area contributed by atoms with E-state index in [1.807, 2.05) is 12.1 Å². The van der Waals surface area contributed by atoms with E-state index < -0.39 is 0 Å². The topological polar surface area (TPSA) is 79.9 Å². The number of rotatable bonds is 7. The summed E-state index contributed by atoms with van der Waals surface area (Å²) in [5.74, 6) is 1.13. The van der Waals surface area contributed by atoms with Crippen LogP contribution >= 0.6 is 0 Å². The minimum Gasteiger partial charge on any atom is -0.496 e. The van der Waals surface area contributed by atoms with Crippen LogP contribution in [-0.2, 0) is 0 Å². The Morgan fingerprint density at radius 2 is 1.54 bits per heavy atom. The number of carbonyl (C=O) groups is 2. The molecule has 188 valence electrons. The molecule has 0 atom stereocenters. The summed E-state index contributed by atoms with van der Waals surface area (Å²) in [6, 6.07) is 11.1. The Balaban J connectivity index is 1.61. The summed E-state index contributed by atoms with van der Waals surface area (Å²) in [5, 5.41) is 6.20. The van der Waals surface area contributed by atoms with Gasteiger partial charge in [0.25, 0.3) is 11.8 Å². The summed E-state index contributed by atoms with van der Waals surface area (Å²) in [7, 11) is 3.04. The summed E-state index contributed by atoms with van der Waals surface area (Å²) in [4.78, 5) is 29.0. The van der Waals surface area contributed by atoms with E-state index >= 15 is 0 Å². The number of carbonyl (C=O) groups excluding carboxylic acids is 2. The summed E-state index contributed by atoms with van der Waals surface area (Å²) >= 11 is 0. The molecule has 0 unspecified atom stereocenters. The Labute approximate surface area is 208 Å². The molecular weight excluding hydrogens is 442 g/mol. The second-order valence-electron chi connectivity index (χ2n) is 9.70. The van der Waals surface area contributed by atoms with Gasteiger partial charge in [0.1, 0.15) is 17.1 Å². The largest absolute Gasteiger partial charge is 0.496 e. The first-order valence-corrected chi connectivity index (χ1v) is 12.7. The van der Waals surface area contributed by atoms with Crippen molar-refractivity contribution in [3.63, 3.8) is 0 Å². The fraction of sp³-hybridized carbons (Fsp3) is 0.500. The zero-order valence-corrected chi connectivity index (χ0v) is 21.1. The van der Waals surface area contributed by atoms with Crippen molar-refractivity contribution in [1.82, 2.24) is 5.32 Å². The van der Waals surface area contributed by atoms with Crippen LogP contribution in [0.5, 0.6) is 11.5 Å². The molecule has 1 aliphatic heterocycles. The third-order valence-electron chi connectivity index (χ3n) is 7.22. The highest BCUT2D eigenvalue weighted by atomic mass is 16.5. The lowest BCUT2D eigenvalue weighted by molar-refractivity contribution is 0.0927. The van der Waals surface area contributed by atoms with Crippen LogP contribution in [0.3, 0.4) is 0 Å². The molecule has 1 saturated carbocycles. The van der Waals surface area contributed by atoms with Crippen molar-refractivity contribution in [2.75, 3.05) is 37.5 Å². The van der Waals surface area contributed by atoms with Crippen molar-refractivity contribution in [3.05, 3.63) is 47.5 Å². The molecule has 2 aromatic rings. The minimum absolute atomic E-state index is 0.0727. The first-order valence-electron chi connectivity index (χ1n) is 12.7. The molecule has 0 bridgehead atoms. The third kappa shape index (κ3) is 5.89. The van der Waals surface area contributed by atoms with Gasteiger partial charge in [-0.15, -0.1) is 0 Å². The van der Waals surface area contributed by atoms with E-state index in [-0.39, 0.29) is 17.9 Å². The van der Waals surface area contributed by atoms with Gasteiger partial charge in [0.15, 0.2) is 0 Å². The zero-order chi connectivity index (χ0) is 24.8. The molecule has 1 heterocycles. The van der Waals surface area contributed by atoms with E-state index in [0.29, 0.717) is 34.2 Å². The van der Waals surface area contributed by atoms with E-state index in [4.69, 9.17) is 9.47 Å². The average Bonchev–Trinajstić information content (AvgIpc) is 2.89. The molecule has 1 aliphatic carbocycles. The Morgan fingerprint density at radius 1 is 0.886 bits per heavy atom. The van der Waals surface area contributed by atoms with Crippen molar-refractivity contribution < 1.29 is 19.1 Å². The van der Waals surface area contributed by atoms with Gasteiger partial charge in [0.05, 0.1) is 19.8 Å². The average molecular weight is 480 g/mol. The van der Waals surface area contributed by atoms with Gasteiger partial charge in [-0.05, 0) is 61.9 Å². The predicted molar refractivity (Wildman–Crippen MR) is 139 cm³/mol. The predicted octanol–water partition coefficient (Wildman–Crippen LogP) is 5.25. The number of hydrogen-bond acceptors (Lipinski definition) is 5. The lowest BCUT2D eigenvalue weighted by atomic mass is 9.95. The fourth-order valence-corrected chi connectivity index (χ4v) is 5.10. The molecular formula is C28H37N3O4. The lowest BCUT2D eigenvalue weighted by Crippen LogP contribution is -2.38. The van der Waals surface area contributed by atoms with E-state index in [1.54, 1.807) is 24.3 Å². The van der Waals surface area contributed by atoms with Crippen molar-refractivity contribution in [2.24, 2.45) is 5.92 Å². The van der Waals surface area contributed by atoms with Gasteiger partial charge in [-0.25, -0.2) is 0 Å². The van der Waals surface area contributed by atoms with Crippen LogP contribution in [0.25, 0.3) is 0 Å². The number of methoxy groups -OCH3 is 2. The van der Waals surface area contributed by atoms with Crippen LogP contribution in [0.15, 0.2) is 36.4 Å². The maximum Gasteiger partial charge on any atom is 0.263 e. The van der Waals surface area contributed by atoms with Gasteiger partial charge in [-0.3, -0.25) is 9.59 Å². The number of nitrogens with one attached hydrogen (secondary N) is 2. The molecule has 0 aromatic heterocycles. The molecule has 7 heteroatoms. The highest BCUT2D eigenvalue weighted by molar-refractivity contribution is 6.09. The lowest BCUT2D eigenvalue weighted by Gasteiger charge is -2.34. The van der Waals surface area contributed by atoms with Crippen LogP contribution in [0.1, 0.15) is 72.6 Å². The van der Waals surface area contributed by atoms with Gasteiger partial charge in [-0.2, -0.15) is 0 Å². The Hall–Kier alpha value is -3.22. The molecule has 0 radical (unpaired) electrons. The molecule has 2 amide bonds. The van der Waals surface area contributed by atoms with Gasteiger partial charge in [-0.1, -0.05) is 32.3 Å². The highest BCUT2D eigenvalue weighted by Gasteiger charge is 2.25. The molecule has 2 aromatic carbocycles. The number of hydrogen-bond donors (Lipinski definition) is 2.